The van der Waals surface area contributed by atoms with Crippen LogP contribution >= 0.6 is 0 Å². The monoisotopic (exact) mass is 233 g/mol. The molecule has 6 nitrogen and oxygen atoms in total. The molecule has 0 spiro atoms. The van der Waals surface area contributed by atoms with E-state index in [0.29, 0.717) is 19.8 Å². The van der Waals surface area contributed by atoms with Gasteiger partial charge in [-0.25, -0.2) is 9.89 Å². The molecule has 0 unspecified atom stereocenters. The van der Waals surface area contributed by atoms with Crippen molar-refractivity contribution in [3.63, 3.8) is 0 Å². The van der Waals surface area contributed by atoms with Crippen LogP contribution in [-0.2, 0) is 6.54 Å². The molecule has 0 atom stereocenters. The van der Waals surface area contributed by atoms with Crippen LogP contribution in [0.5, 0.6) is 11.5 Å². The molecule has 0 amide bonds. The lowest BCUT2D eigenvalue weighted by Gasteiger charge is -2.18. The fourth-order valence-corrected chi connectivity index (χ4v) is 1.77. The van der Waals surface area contributed by atoms with Crippen molar-refractivity contribution < 1.29 is 9.47 Å². The van der Waals surface area contributed by atoms with E-state index in [9.17, 15) is 4.79 Å². The maximum Gasteiger partial charge on any atom is 0.343 e. The summed E-state index contributed by atoms with van der Waals surface area (Å²) in [7, 11) is 0. The summed E-state index contributed by atoms with van der Waals surface area (Å²) in [6, 6.07) is 5.65. The molecule has 1 aromatic carbocycles. The molecule has 3 rings (SSSR count). The average Bonchev–Trinajstić information content (AvgIpc) is 2.75. The van der Waals surface area contributed by atoms with Crippen molar-refractivity contribution in [3.05, 3.63) is 40.6 Å². The standard InChI is InChI=1S/C11H11N3O3/c15-11-13-12-7-14(11)6-8-1-2-9-10(5-8)17-4-3-16-9/h1-2,5,7H,3-4,6H2,(H,13,15). The third-order valence-electron chi connectivity index (χ3n) is 2.58. The first-order chi connectivity index (χ1) is 8.33. The van der Waals surface area contributed by atoms with Crippen LogP contribution in [0.1, 0.15) is 5.56 Å². The quantitative estimate of drug-likeness (QED) is 0.814. The molecule has 0 aliphatic carbocycles. The van der Waals surface area contributed by atoms with Gasteiger partial charge in [0.25, 0.3) is 0 Å². The minimum Gasteiger partial charge on any atom is -0.486 e. The summed E-state index contributed by atoms with van der Waals surface area (Å²) in [6.07, 6.45) is 1.47. The number of rotatable bonds is 2. The number of hydrogen-bond acceptors (Lipinski definition) is 4. The van der Waals surface area contributed by atoms with E-state index in [1.54, 1.807) is 0 Å². The van der Waals surface area contributed by atoms with E-state index in [1.807, 2.05) is 18.2 Å². The van der Waals surface area contributed by atoms with Crippen LogP contribution < -0.4 is 15.2 Å². The van der Waals surface area contributed by atoms with E-state index in [2.05, 4.69) is 10.2 Å². The van der Waals surface area contributed by atoms with Crippen molar-refractivity contribution in [3.8, 4) is 11.5 Å². The Morgan fingerprint density at radius 1 is 1.29 bits per heavy atom. The van der Waals surface area contributed by atoms with Gasteiger partial charge in [0.05, 0.1) is 6.54 Å². The zero-order chi connectivity index (χ0) is 11.7. The number of aromatic nitrogens is 3. The van der Waals surface area contributed by atoms with Crippen molar-refractivity contribution in [1.29, 1.82) is 0 Å². The Bertz CT molecular complexity index is 588. The molecule has 0 saturated carbocycles. The number of aromatic amines is 1. The number of ether oxygens (including phenoxy) is 2. The van der Waals surface area contributed by atoms with Crippen LogP contribution in [0.3, 0.4) is 0 Å². The molecule has 17 heavy (non-hydrogen) atoms. The van der Waals surface area contributed by atoms with Gasteiger partial charge in [0.2, 0.25) is 0 Å². The Kier molecular flexibility index (Phi) is 2.32. The molecule has 2 heterocycles. The lowest BCUT2D eigenvalue weighted by Crippen LogP contribution is -2.18. The predicted octanol–water partition coefficient (Wildman–Crippen LogP) is 0.391. The van der Waals surface area contributed by atoms with Crippen LogP contribution in [-0.4, -0.2) is 28.0 Å². The van der Waals surface area contributed by atoms with Gasteiger partial charge < -0.3 is 9.47 Å². The second kappa shape index (κ2) is 3.97. The largest absolute Gasteiger partial charge is 0.486 e. The van der Waals surface area contributed by atoms with Gasteiger partial charge in [-0.15, -0.1) is 0 Å². The smallest absolute Gasteiger partial charge is 0.343 e. The number of nitrogens with one attached hydrogen (secondary N) is 1. The highest BCUT2D eigenvalue weighted by atomic mass is 16.6. The van der Waals surface area contributed by atoms with Gasteiger partial charge in [0.1, 0.15) is 19.5 Å². The summed E-state index contributed by atoms with van der Waals surface area (Å²) in [5.74, 6) is 1.48. The van der Waals surface area contributed by atoms with Crippen LogP contribution in [0, 0.1) is 0 Å². The van der Waals surface area contributed by atoms with Gasteiger partial charge in [-0.3, -0.25) is 4.57 Å². The molecule has 0 bridgehead atoms. The van der Waals surface area contributed by atoms with Crippen LogP contribution in [0.2, 0.25) is 0 Å². The van der Waals surface area contributed by atoms with Crippen LogP contribution in [0.15, 0.2) is 29.3 Å². The molecule has 6 heteroatoms. The van der Waals surface area contributed by atoms with Gasteiger partial charge in [-0.2, -0.15) is 5.10 Å². The van der Waals surface area contributed by atoms with Crippen molar-refractivity contribution >= 4 is 0 Å². The van der Waals surface area contributed by atoms with E-state index in [1.165, 1.54) is 10.9 Å². The van der Waals surface area contributed by atoms with Gasteiger partial charge in [-0.05, 0) is 17.7 Å². The molecular formula is C11H11N3O3. The predicted molar refractivity (Wildman–Crippen MR) is 59.4 cm³/mol. The second-order valence-electron chi connectivity index (χ2n) is 3.77. The Morgan fingerprint density at radius 2 is 2.12 bits per heavy atom. The third-order valence-corrected chi connectivity index (χ3v) is 2.58. The third kappa shape index (κ3) is 1.89. The fourth-order valence-electron chi connectivity index (χ4n) is 1.77. The van der Waals surface area contributed by atoms with E-state index in [0.717, 1.165) is 17.1 Å². The van der Waals surface area contributed by atoms with E-state index in [-0.39, 0.29) is 5.69 Å². The van der Waals surface area contributed by atoms with Crippen molar-refractivity contribution in [2.75, 3.05) is 13.2 Å². The molecule has 1 aliphatic rings. The molecular weight excluding hydrogens is 222 g/mol. The molecule has 88 valence electrons. The highest BCUT2D eigenvalue weighted by molar-refractivity contribution is 5.43. The molecule has 0 fully saturated rings. The van der Waals surface area contributed by atoms with Crippen molar-refractivity contribution in [1.82, 2.24) is 14.8 Å². The van der Waals surface area contributed by atoms with Gasteiger partial charge >= 0.3 is 5.69 Å². The molecule has 0 radical (unpaired) electrons. The zero-order valence-electron chi connectivity index (χ0n) is 9.05. The second-order valence-corrected chi connectivity index (χ2v) is 3.77. The Balaban J connectivity index is 1.89. The maximum atomic E-state index is 11.3. The lowest BCUT2D eigenvalue weighted by molar-refractivity contribution is 0.171. The van der Waals surface area contributed by atoms with E-state index < -0.39 is 0 Å². The first-order valence-corrected chi connectivity index (χ1v) is 5.31. The van der Waals surface area contributed by atoms with Gasteiger partial charge in [0, 0.05) is 0 Å². The highest BCUT2D eigenvalue weighted by Crippen LogP contribution is 2.30. The van der Waals surface area contributed by atoms with Crippen molar-refractivity contribution in [2.45, 2.75) is 6.54 Å². The first-order valence-electron chi connectivity index (χ1n) is 5.31. The number of nitrogens with zero attached hydrogens (tertiary/aromatic N) is 2. The molecule has 1 N–H and O–H groups in total. The molecule has 1 aliphatic heterocycles. The van der Waals surface area contributed by atoms with Crippen molar-refractivity contribution in [2.24, 2.45) is 0 Å². The summed E-state index contributed by atoms with van der Waals surface area (Å²) in [5, 5.41) is 6.03. The fraction of sp³-hybridized carbons (Fsp3) is 0.273. The number of H-pyrrole nitrogens is 1. The number of fused-ring (bicyclic) bond motifs is 1. The van der Waals surface area contributed by atoms with Gasteiger partial charge in [-0.1, -0.05) is 6.07 Å². The van der Waals surface area contributed by atoms with Gasteiger partial charge in [0.15, 0.2) is 11.5 Å². The number of hydrogen-bond donors (Lipinski definition) is 1. The highest BCUT2D eigenvalue weighted by Gasteiger charge is 2.12. The normalized spacial score (nSPS) is 13.6. The minimum atomic E-state index is -0.222. The molecule has 2 aromatic rings. The van der Waals surface area contributed by atoms with E-state index in [4.69, 9.17) is 9.47 Å². The minimum absolute atomic E-state index is 0.222. The van der Waals surface area contributed by atoms with Crippen LogP contribution in [0.4, 0.5) is 0 Å². The van der Waals surface area contributed by atoms with E-state index >= 15 is 0 Å². The first kappa shape index (κ1) is 9.95. The number of benzene rings is 1. The summed E-state index contributed by atoms with van der Waals surface area (Å²) in [5.41, 5.74) is 0.748. The SMILES string of the molecule is O=c1[nH]ncn1Cc1ccc2c(c1)OCCO2. The summed E-state index contributed by atoms with van der Waals surface area (Å²) < 4.78 is 12.4. The maximum absolute atomic E-state index is 11.3. The summed E-state index contributed by atoms with van der Waals surface area (Å²) in [4.78, 5) is 11.3. The Hall–Kier alpha value is -2.24. The van der Waals surface area contributed by atoms with Crippen LogP contribution in [0.25, 0.3) is 0 Å². The topological polar surface area (TPSA) is 69.1 Å². The zero-order valence-corrected chi connectivity index (χ0v) is 9.05. The molecule has 1 aromatic heterocycles. The molecule has 0 saturated heterocycles. The Morgan fingerprint density at radius 3 is 2.88 bits per heavy atom. The summed E-state index contributed by atoms with van der Waals surface area (Å²) >= 11 is 0. The average molecular weight is 233 g/mol. The Labute approximate surface area is 96.8 Å². The summed E-state index contributed by atoms with van der Waals surface area (Å²) in [6.45, 7) is 1.60. The lowest BCUT2D eigenvalue weighted by atomic mass is 10.2.